The highest BCUT2D eigenvalue weighted by atomic mass is 19.1. The maximum atomic E-state index is 13.1. The van der Waals surface area contributed by atoms with Gasteiger partial charge in [-0.3, -0.25) is 0 Å². The Morgan fingerprint density at radius 3 is 2.60 bits per heavy atom. The summed E-state index contributed by atoms with van der Waals surface area (Å²) in [5.74, 6) is -0.185. The molecule has 2 aromatic rings. The van der Waals surface area contributed by atoms with Gasteiger partial charge in [0.1, 0.15) is 5.82 Å². The van der Waals surface area contributed by atoms with Crippen LogP contribution in [-0.2, 0) is 6.54 Å². The first kappa shape index (κ1) is 13.0. The second-order valence-electron chi connectivity index (χ2n) is 5.23. The molecule has 104 valence electrons. The lowest BCUT2D eigenvalue weighted by Crippen LogP contribution is -2.17. The van der Waals surface area contributed by atoms with Crippen molar-refractivity contribution in [2.24, 2.45) is 0 Å². The van der Waals surface area contributed by atoms with Gasteiger partial charge in [0.05, 0.1) is 0 Å². The third-order valence-corrected chi connectivity index (χ3v) is 3.70. The quantitative estimate of drug-likeness (QED) is 0.902. The van der Waals surface area contributed by atoms with Crippen LogP contribution < -0.4 is 10.2 Å². The maximum Gasteiger partial charge on any atom is 0.123 e. The lowest BCUT2D eigenvalue weighted by Gasteiger charge is -2.18. The van der Waals surface area contributed by atoms with Gasteiger partial charge in [0.2, 0.25) is 0 Å². The summed E-state index contributed by atoms with van der Waals surface area (Å²) in [5.41, 5.74) is 3.31. The second kappa shape index (κ2) is 5.95. The van der Waals surface area contributed by atoms with Crippen molar-refractivity contribution >= 4 is 11.4 Å². The minimum atomic E-state index is -0.185. The zero-order valence-electron chi connectivity index (χ0n) is 11.5. The minimum absolute atomic E-state index is 0.185. The molecule has 0 aromatic heterocycles. The smallest absolute Gasteiger partial charge is 0.123 e. The van der Waals surface area contributed by atoms with Crippen LogP contribution in [0.3, 0.4) is 0 Å². The summed E-state index contributed by atoms with van der Waals surface area (Å²) in [6, 6.07) is 15.2. The van der Waals surface area contributed by atoms with E-state index < -0.39 is 0 Å². The SMILES string of the molecule is Fc1cccc(CNc2cccc(N3CCCC3)c2)c1. The number of nitrogens with zero attached hydrogens (tertiary/aromatic N) is 1. The molecule has 0 unspecified atom stereocenters. The summed E-state index contributed by atoms with van der Waals surface area (Å²) in [4.78, 5) is 2.41. The normalized spacial score (nSPS) is 14.6. The molecule has 1 aliphatic heterocycles. The number of benzene rings is 2. The standard InChI is InChI=1S/C17H19FN2/c18-15-6-3-5-14(11-15)13-19-16-7-4-8-17(12-16)20-9-1-2-10-20/h3-8,11-12,19H,1-2,9-10,13H2. The fourth-order valence-corrected chi connectivity index (χ4v) is 2.64. The number of rotatable bonds is 4. The zero-order valence-corrected chi connectivity index (χ0v) is 11.5. The van der Waals surface area contributed by atoms with E-state index in [1.165, 1.54) is 24.6 Å². The Morgan fingerprint density at radius 1 is 1.00 bits per heavy atom. The van der Waals surface area contributed by atoms with Crippen LogP contribution in [0.1, 0.15) is 18.4 Å². The molecule has 1 heterocycles. The van der Waals surface area contributed by atoms with Crippen molar-refractivity contribution in [3.8, 4) is 0 Å². The average molecular weight is 270 g/mol. The van der Waals surface area contributed by atoms with Gasteiger partial charge < -0.3 is 10.2 Å². The molecule has 0 spiro atoms. The predicted octanol–water partition coefficient (Wildman–Crippen LogP) is 4.04. The van der Waals surface area contributed by atoms with E-state index in [0.29, 0.717) is 6.54 Å². The molecule has 1 aliphatic rings. The molecule has 20 heavy (non-hydrogen) atoms. The Hall–Kier alpha value is -2.03. The van der Waals surface area contributed by atoms with Gasteiger partial charge in [0.15, 0.2) is 0 Å². The van der Waals surface area contributed by atoms with Gasteiger partial charge in [-0.25, -0.2) is 4.39 Å². The Morgan fingerprint density at radius 2 is 1.80 bits per heavy atom. The van der Waals surface area contributed by atoms with Crippen LogP contribution >= 0.6 is 0 Å². The summed E-state index contributed by atoms with van der Waals surface area (Å²) in [7, 11) is 0. The van der Waals surface area contributed by atoms with E-state index in [4.69, 9.17) is 0 Å². The van der Waals surface area contributed by atoms with Crippen molar-refractivity contribution in [1.29, 1.82) is 0 Å². The Bertz CT molecular complexity index is 577. The Labute approximate surface area is 119 Å². The summed E-state index contributed by atoms with van der Waals surface area (Å²) in [5, 5.41) is 3.36. The van der Waals surface area contributed by atoms with Gasteiger partial charge in [0, 0.05) is 31.0 Å². The second-order valence-corrected chi connectivity index (χ2v) is 5.23. The highest BCUT2D eigenvalue weighted by Gasteiger charge is 2.12. The number of hydrogen-bond acceptors (Lipinski definition) is 2. The first-order chi connectivity index (χ1) is 9.81. The molecule has 2 aromatic carbocycles. The van der Waals surface area contributed by atoms with Crippen molar-refractivity contribution in [2.75, 3.05) is 23.3 Å². The number of halogens is 1. The molecule has 0 saturated carbocycles. The molecule has 3 heteroatoms. The largest absolute Gasteiger partial charge is 0.381 e. The van der Waals surface area contributed by atoms with Crippen molar-refractivity contribution in [2.45, 2.75) is 19.4 Å². The van der Waals surface area contributed by atoms with Gasteiger partial charge in [-0.1, -0.05) is 18.2 Å². The van der Waals surface area contributed by atoms with Crippen LogP contribution in [0.4, 0.5) is 15.8 Å². The van der Waals surface area contributed by atoms with E-state index in [1.54, 1.807) is 12.1 Å². The predicted molar refractivity (Wildman–Crippen MR) is 81.6 cm³/mol. The molecule has 0 amide bonds. The van der Waals surface area contributed by atoms with Crippen LogP contribution in [0, 0.1) is 5.82 Å². The Kier molecular flexibility index (Phi) is 3.86. The molecule has 0 bridgehead atoms. The summed E-state index contributed by atoms with van der Waals surface area (Å²) in [6.45, 7) is 2.93. The highest BCUT2D eigenvalue weighted by molar-refractivity contribution is 5.58. The van der Waals surface area contributed by atoms with Crippen LogP contribution in [0.25, 0.3) is 0 Å². The molecule has 2 nitrogen and oxygen atoms in total. The van der Waals surface area contributed by atoms with E-state index in [9.17, 15) is 4.39 Å². The van der Waals surface area contributed by atoms with Crippen LogP contribution in [-0.4, -0.2) is 13.1 Å². The molecule has 0 atom stereocenters. The average Bonchev–Trinajstić information content (AvgIpc) is 3.00. The molecular weight excluding hydrogens is 251 g/mol. The lowest BCUT2D eigenvalue weighted by molar-refractivity contribution is 0.626. The lowest BCUT2D eigenvalue weighted by atomic mass is 10.2. The van der Waals surface area contributed by atoms with Gasteiger partial charge in [0.25, 0.3) is 0 Å². The third kappa shape index (κ3) is 3.10. The van der Waals surface area contributed by atoms with Crippen LogP contribution in [0.15, 0.2) is 48.5 Å². The van der Waals surface area contributed by atoms with E-state index in [0.717, 1.165) is 24.3 Å². The fourth-order valence-electron chi connectivity index (χ4n) is 2.64. The van der Waals surface area contributed by atoms with E-state index in [2.05, 4.69) is 34.5 Å². The molecule has 1 N–H and O–H groups in total. The van der Waals surface area contributed by atoms with Crippen LogP contribution in [0.2, 0.25) is 0 Å². The van der Waals surface area contributed by atoms with Gasteiger partial charge in [-0.2, -0.15) is 0 Å². The third-order valence-electron chi connectivity index (χ3n) is 3.70. The van der Waals surface area contributed by atoms with Crippen LogP contribution in [0.5, 0.6) is 0 Å². The van der Waals surface area contributed by atoms with Crippen molar-refractivity contribution in [1.82, 2.24) is 0 Å². The Balaban J connectivity index is 1.66. The van der Waals surface area contributed by atoms with Crippen molar-refractivity contribution in [3.63, 3.8) is 0 Å². The zero-order chi connectivity index (χ0) is 13.8. The monoisotopic (exact) mass is 270 g/mol. The highest BCUT2D eigenvalue weighted by Crippen LogP contribution is 2.23. The van der Waals surface area contributed by atoms with Gasteiger partial charge in [-0.05, 0) is 48.7 Å². The van der Waals surface area contributed by atoms with E-state index in [-0.39, 0.29) is 5.82 Å². The molecule has 1 saturated heterocycles. The van der Waals surface area contributed by atoms with Gasteiger partial charge >= 0.3 is 0 Å². The summed E-state index contributed by atoms with van der Waals surface area (Å²) in [6.07, 6.45) is 2.56. The minimum Gasteiger partial charge on any atom is -0.381 e. The van der Waals surface area contributed by atoms with Crippen molar-refractivity contribution in [3.05, 3.63) is 59.9 Å². The molecular formula is C17H19FN2. The summed E-state index contributed by atoms with van der Waals surface area (Å²) < 4.78 is 13.1. The van der Waals surface area contributed by atoms with E-state index in [1.807, 2.05) is 6.07 Å². The molecule has 0 radical (unpaired) electrons. The first-order valence-corrected chi connectivity index (χ1v) is 7.14. The number of nitrogens with one attached hydrogen (secondary N) is 1. The molecule has 0 aliphatic carbocycles. The first-order valence-electron chi connectivity index (χ1n) is 7.14. The van der Waals surface area contributed by atoms with E-state index >= 15 is 0 Å². The topological polar surface area (TPSA) is 15.3 Å². The maximum absolute atomic E-state index is 13.1. The number of anilines is 2. The fraction of sp³-hybridized carbons (Fsp3) is 0.294. The van der Waals surface area contributed by atoms with Gasteiger partial charge in [-0.15, -0.1) is 0 Å². The number of hydrogen-bond donors (Lipinski definition) is 1. The molecule has 3 rings (SSSR count). The summed E-state index contributed by atoms with van der Waals surface area (Å²) >= 11 is 0. The van der Waals surface area contributed by atoms with Crippen molar-refractivity contribution < 1.29 is 4.39 Å². The molecule has 1 fully saturated rings.